The molecule has 0 saturated heterocycles. The average molecular weight is 108 g/mol. The third-order valence-electron chi connectivity index (χ3n) is 0.642. The van der Waals surface area contributed by atoms with Crippen LogP contribution in [0.15, 0.2) is 0 Å². The van der Waals surface area contributed by atoms with E-state index in [1.54, 1.807) is 0 Å². The Morgan fingerprint density at radius 1 is 1.67 bits per heavy atom. The van der Waals surface area contributed by atoms with Gasteiger partial charge in [0.2, 0.25) is 0 Å². The van der Waals surface area contributed by atoms with Gasteiger partial charge in [-0.2, -0.15) is 12.0 Å². The third-order valence-corrected chi connectivity index (χ3v) is 1.22. The first kappa shape index (κ1) is 6.31. The van der Waals surface area contributed by atoms with Crippen molar-refractivity contribution in [3.05, 3.63) is 0 Å². The highest BCUT2D eigenvalue weighted by atomic mass is 32.2. The van der Waals surface area contributed by atoms with Crippen molar-refractivity contribution in [2.45, 2.75) is 19.8 Å². The van der Waals surface area contributed by atoms with E-state index in [0.29, 0.717) is 0 Å². The Hall–Kier alpha value is 0.310. The first-order valence-corrected chi connectivity index (χ1v) is 3.44. The maximum atomic E-state index is 8.23. The lowest BCUT2D eigenvalue weighted by molar-refractivity contribution is 0.659. The minimum absolute atomic E-state index is 0.165. The standard InChI is InChI=1S/C4H12OS/c1-2-3-4-6-5/h5H,2-4,6H2,1H3. The van der Waals surface area contributed by atoms with Gasteiger partial charge in [-0.25, -0.2) is 0 Å². The topological polar surface area (TPSA) is 20.2 Å². The molecule has 0 radical (unpaired) electrons. The monoisotopic (exact) mass is 108 g/mol. The molecule has 0 unspecified atom stereocenters. The van der Waals surface area contributed by atoms with E-state index in [2.05, 4.69) is 6.92 Å². The van der Waals surface area contributed by atoms with Crippen LogP contribution in [0.1, 0.15) is 19.8 Å². The Bertz CT molecular complexity index is 19.5. The Labute approximate surface area is 43.0 Å². The molecule has 6 heavy (non-hydrogen) atoms. The molecule has 0 amide bonds. The van der Waals surface area contributed by atoms with Crippen LogP contribution in [0.25, 0.3) is 0 Å². The molecule has 0 fully saturated rings. The summed E-state index contributed by atoms with van der Waals surface area (Å²) in [5.74, 6) is 0.997. The fourth-order valence-corrected chi connectivity index (χ4v) is 0.768. The van der Waals surface area contributed by atoms with Gasteiger partial charge in [0.05, 0.1) is 0 Å². The normalized spacial score (nSPS) is 12.3. The van der Waals surface area contributed by atoms with Crippen molar-refractivity contribution < 1.29 is 4.55 Å². The first-order chi connectivity index (χ1) is 2.91. The van der Waals surface area contributed by atoms with Crippen molar-refractivity contribution in [3.63, 3.8) is 0 Å². The molecule has 0 aliphatic rings. The molecule has 0 aliphatic heterocycles. The van der Waals surface area contributed by atoms with E-state index in [1.165, 1.54) is 12.8 Å². The number of rotatable bonds is 3. The maximum absolute atomic E-state index is 8.23. The molecular formula is C4H12OS. The molecular weight excluding hydrogens is 96.1 g/mol. The quantitative estimate of drug-likeness (QED) is 0.543. The molecule has 40 valence electrons. The number of hydrogen-bond donors (Lipinski definition) is 1. The summed E-state index contributed by atoms with van der Waals surface area (Å²) in [5.41, 5.74) is 0. The van der Waals surface area contributed by atoms with Crippen molar-refractivity contribution in [1.82, 2.24) is 0 Å². The molecule has 0 bridgehead atoms. The molecule has 2 heteroatoms. The molecule has 0 atom stereocenters. The van der Waals surface area contributed by atoms with Gasteiger partial charge in [-0.3, -0.25) is 0 Å². The fourth-order valence-electron chi connectivity index (χ4n) is 0.256. The van der Waals surface area contributed by atoms with E-state index in [4.69, 9.17) is 4.55 Å². The lowest BCUT2D eigenvalue weighted by Crippen LogP contribution is -1.71. The van der Waals surface area contributed by atoms with Crippen LogP contribution >= 0.6 is 12.0 Å². The van der Waals surface area contributed by atoms with Gasteiger partial charge >= 0.3 is 0 Å². The van der Waals surface area contributed by atoms with E-state index in [1.807, 2.05) is 0 Å². The zero-order valence-electron chi connectivity index (χ0n) is 4.07. The van der Waals surface area contributed by atoms with Gasteiger partial charge in [0.1, 0.15) is 0 Å². The van der Waals surface area contributed by atoms with E-state index >= 15 is 0 Å². The van der Waals surface area contributed by atoms with Gasteiger partial charge in [0.25, 0.3) is 0 Å². The summed E-state index contributed by atoms with van der Waals surface area (Å²) in [6.07, 6.45) is 2.38. The van der Waals surface area contributed by atoms with Crippen LogP contribution in [0.4, 0.5) is 0 Å². The highest BCUT2D eigenvalue weighted by Gasteiger charge is 1.74. The smallest absolute Gasteiger partial charge is 0.00645 e. The lowest BCUT2D eigenvalue weighted by atomic mass is 10.4. The summed E-state index contributed by atoms with van der Waals surface area (Å²) >= 11 is 0.165. The van der Waals surface area contributed by atoms with Gasteiger partial charge in [0.15, 0.2) is 0 Å². The van der Waals surface area contributed by atoms with Gasteiger partial charge in [-0.05, 0) is 12.2 Å². The molecule has 0 aromatic carbocycles. The van der Waals surface area contributed by atoms with Gasteiger partial charge in [0, 0.05) is 0 Å². The predicted molar refractivity (Wildman–Crippen MR) is 32.8 cm³/mol. The molecule has 1 nitrogen and oxygen atoms in total. The van der Waals surface area contributed by atoms with Crippen LogP contribution in [0.5, 0.6) is 0 Å². The summed E-state index contributed by atoms with van der Waals surface area (Å²) in [7, 11) is 0. The second-order valence-electron chi connectivity index (χ2n) is 1.26. The molecule has 0 aromatic heterocycles. The Morgan fingerprint density at radius 3 is 2.50 bits per heavy atom. The van der Waals surface area contributed by atoms with Crippen LogP contribution in [0.2, 0.25) is 0 Å². The average Bonchev–Trinajstić information content (AvgIpc) is 1.61. The minimum Gasteiger partial charge on any atom is -0.357 e. The van der Waals surface area contributed by atoms with Crippen molar-refractivity contribution in [2.24, 2.45) is 0 Å². The Kier molecular flexibility index (Phi) is 5.58. The molecule has 0 saturated carbocycles. The highest BCUT2D eigenvalue weighted by Crippen LogP contribution is 1.95. The highest BCUT2D eigenvalue weighted by molar-refractivity contribution is 7.93. The second kappa shape index (κ2) is 5.31. The van der Waals surface area contributed by atoms with Gasteiger partial charge in [-0.1, -0.05) is 13.3 Å². The molecule has 0 aliphatic carbocycles. The van der Waals surface area contributed by atoms with E-state index < -0.39 is 0 Å². The van der Waals surface area contributed by atoms with E-state index in [0.717, 1.165) is 5.75 Å². The second-order valence-corrected chi connectivity index (χ2v) is 2.08. The largest absolute Gasteiger partial charge is 0.357 e. The summed E-state index contributed by atoms with van der Waals surface area (Å²) in [6.45, 7) is 2.13. The van der Waals surface area contributed by atoms with E-state index in [-0.39, 0.29) is 12.0 Å². The minimum atomic E-state index is 0.165. The third kappa shape index (κ3) is 4.31. The predicted octanol–water partition coefficient (Wildman–Crippen LogP) is 1.46. The molecule has 0 spiro atoms. The zero-order chi connectivity index (χ0) is 4.83. The van der Waals surface area contributed by atoms with Crippen molar-refractivity contribution in [1.29, 1.82) is 0 Å². The zero-order valence-corrected chi connectivity index (χ0v) is 5.07. The van der Waals surface area contributed by atoms with Crippen molar-refractivity contribution >= 4 is 12.0 Å². The summed E-state index contributed by atoms with van der Waals surface area (Å²) in [5, 5.41) is 0. The molecule has 0 rings (SSSR count). The summed E-state index contributed by atoms with van der Waals surface area (Å²) in [6, 6.07) is 0. The van der Waals surface area contributed by atoms with Crippen LogP contribution in [0.3, 0.4) is 0 Å². The lowest BCUT2D eigenvalue weighted by Gasteiger charge is -1.88. The van der Waals surface area contributed by atoms with Crippen LogP contribution in [-0.2, 0) is 0 Å². The van der Waals surface area contributed by atoms with E-state index in [9.17, 15) is 0 Å². The number of hydrogen-bond acceptors (Lipinski definition) is 1. The fraction of sp³-hybridized carbons (Fsp3) is 1.00. The van der Waals surface area contributed by atoms with Crippen molar-refractivity contribution in [3.8, 4) is 0 Å². The van der Waals surface area contributed by atoms with Gasteiger partial charge in [-0.15, -0.1) is 0 Å². The SMILES string of the molecule is CCCC[SH2]O. The number of unbranched alkanes of at least 4 members (excludes halogenated alkanes) is 1. The molecule has 0 aromatic rings. The van der Waals surface area contributed by atoms with Crippen LogP contribution in [-0.4, -0.2) is 10.3 Å². The Balaban J connectivity index is 2.34. The summed E-state index contributed by atoms with van der Waals surface area (Å²) < 4.78 is 8.23. The van der Waals surface area contributed by atoms with Crippen molar-refractivity contribution in [2.75, 3.05) is 5.75 Å². The molecule has 0 heterocycles. The Morgan fingerprint density at radius 2 is 2.33 bits per heavy atom. The first-order valence-electron chi connectivity index (χ1n) is 2.28. The maximum Gasteiger partial charge on any atom is -0.00645 e. The summed E-state index contributed by atoms with van der Waals surface area (Å²) in [4.78, 5) is 0. The van der Waals surface area contributed by atoms with Crippen LogP contribution in [0, 0.1) is 0 Å². The van der Waals surface area contributed by atoms with Gasteiger partial charge < -0.3 is 4.55 Å². The molecule has 1 N–H and O–H groups in total. The van der Waals surface area contributed by atoms with Crippen LogP contribution < -0.4 is 0 Å².